The Morgan fingerprint density at radius 2 is 1.76 bits per heavy atom. The van der Waals surface area contributed by atoms with Crippen LogP contribution in [0.15, 0.2) is 34.9 Å². The zero-order valence-corrected chi connectivity index (χ0v) is 21.7. The van der Waals surface area contributed by atoms with Crippen LogP contribution < -0.4 is 16.0 Å². The van der Waals surface area contributed by atoms with E-state index in [4.69, 9.17) is 19.8 Å². The first-order valence-electron chi connectivity index (χ1n) is 11.9. The molecule has 0 saturated heterocycles. The maximum absolute atomic E-state index is 12.4. The van der Waals surface area contributed by atoms with Crippen LogP contribution in [0.3, 0.4) is 0 Å². The van der Waals surface area contributed by atoms with Crippen LogP contribution >= 0.6 is 0 Å². The fraction of sp³-hybridized carbons (Fsp3) is 0.440. The summed E-state index contributed by atoms with van der Waals surface area (Å²) in [5, 5.41) is 37.5. The lowest BCUT2D eigenvalue weighted by Crippen LogP contribution is -2.60. The third-order valence-corrected chi connectivity index (χ3v) is 5.29. The highest BCUT2D eigenvalue weighted by Gasteiger charge is 2.40. The summed E-state index contributed by atoms with van der Waals surface area (Å²) in [6.07, 6.45) is -1.38. The number of amides is 3. The molecule has 2 rings (SSSR count). The van der Waals surface area contributed by atoms with Gasteiger partial charge in [0.05, 0.1) is 13.0 Å². The lowest BCUT2D eigenvalue weighted by molar-refractivity contribution is -0.145. The van der Waals surface area contributed by atoms with Gasteiger partial charge >= 0.3 is 18.2 Å². The zero-order valence-electron chi connectivity index (χ0n) is 21.7. The van der Waals surface area contributed by atoms with Crippen molar-refractivity contribution in [2.24, 2.45) is 0 Å². The van der Waals surface area contributed by atoms with Gasteiger partial charge in [-0.25, -0.2) is 14.4 Å². The number of nitrogens with one attached hydrogen (secondary N) is 4. The maximum atomic E-state index is 12.4. The Kier molecular flexibility index (Phi) is 9.96. The molecule has 1 aromatic carbocycles. The first kappa shape index (κ1) is 29.8. The van der Waals surface area contributed by atoms with E-state index in [0.29, 0.717) is 29.7 Å². The number of carbonyl (C=O) groups excluding carboxylic acids is 2. The summed E-state index contributed by atoms with van der Waals surface area (Å²) < 4.78 is 10.4. The molecule has 1 aromatic heterocycles. The predicted molar refractivity (Wildman–Crippen MR) is 136 cm³/mol. The number of carbonyl (C=O) groups is 4. The Bertz CT molecular complexity index is 1170. The van der Waals surface area contributed by atoms with Gasteiger partial charge in [0, 0.05) is 17.2 Å². The van der Waals surface area contributed by atoms with Crippen LogP contribution in [-0.2, 0) is 20.7 Å². The standard InChI is InChI=1S/C25H33N5O8/c1-5-6-11-25(21(32)33,29-22(34)35)14-27-19(31)13-17-12-18(30-38-17)15-7-9-16(10-8-15)20(26)28-23(36)37-24(2,3)4/h7-10,12,29H,5-6,11,13-14H2,1-4H3,(H,27,31)(H,32,33)(H,34,35)(H2,26,28,36)/t25-/m1/s1. The highest BCUT2D eigenvalue weighted by Crippen LogP contribution is 2.21. The van der Waals surface area contributed by atoms with Gasteiger partial charge in [0.2, 0.25) is 5.91 Å². The van der Waals surface area contributed by atoms with E-state index in [1.165, 1.54) is 6.07 Å². The van der Waals surface area contributed by atoms with Crippen molar-refractivity contribution in [1.82, 2.24) is 21.1 Å². The molecule has 0 saturated carbocycles. The van der Waals surface area contributed by atoms with E-state index in [1.807, 2.05) is 12.2 Å². The normalized spacial score (nSPS) is 12.6. The summed E-state index contributed by atoms with van der Waals surface area (Å²) >= 11 is 0. The monoisotopic (exact) mass is 531 g/mol. The smallest absolute Gasteiger partial charge is 0.413 e. The number of amidine groups is 1. The summed E-state index contributed by atoms with van der Waals surface area (Å²) in [7, 11) is 0. The fourth-order valence-corrected chi connectivity index (χ4v) is 3.40. The summed E-state index contributed by atoms with van der Waals surface area (Å²) in [5.41, 5.74) is -1.06. The van der Waals surface area contributed by atoms with Crippen LogP contribution in [0.2, 0.25) is 0 Å². The molecule has 0 unspecified atom stereocenters. The SMILES string of the molecule is CCCC[C@](CNC(=O)Cc1cc(-c2ccc(C(=N)NC(=O)OC(C)(C)C)cc2)no1)(NC(=O)O)C(=O)O. The fourth-order valence-electron chi connectivity index (χ4n) is 3.40. The van der Waals surface area contributed by atoms with E-state index in [1.54, 1.807) is 45.0 Å². The molecular weight excluding hydrogens is 498 g/mol. The molecule has 0 fully saturated rings. The van der Waals surface area contributed by atoms with E-state index in [-0.39, 0.29) is 24.4 Å². The summed E-state index contributed by atoms with van der Waals surface area (Å²) in [4.78, 5) is 47.3. The lowest BCUT2D eigenvalue weighted by atomic mass is 9.92. The Morgan fingerprint density at radius 3 is 2.32 bits per heavy atom. The van der Waals surface area contributed by atoms with Gasteiger partial charge in [0.25, 0.3) is 0 Å². The summed E-state index contributed by atoms with van der Waals surface area (Å²) in [6.45, 7) is 6.56. The number of ether oxygens (including phenoxy) is 1. The van der Waals surface area contributed by atoms with Gasteiger partial charge in [-0.15, -0.1) is 0 Å². The number of nitrogens with zero attached hydrogens (tertiary/aromatic N) is 1. The Morgan fingerprint density at radius 1 is 1.11 bits per heavy atom. The minimum atomic E-state index is -1.85. The lowest BCUT2D eigenvalue weighted by Gasteiger charge is -2.29. The molecule has 0 aliphatic carbocycles. The number of hydrogen-bond acceptors (Lipinski definition) is 8. The Balaban J connectivity index is 2.00. The summed E-state index contributed by atoms with van der Waals surface area (Å²) in [6, 6.07) is 8.07. The van der Waals surface area contributed by atoms with Crippen LogP contribution in [0.25, 0.3) is 11.3 Å². The van der Waals surface area contributed by atoms with Crippen LogP contribution in [0, 0.1) is 5.41 Å². The summed E-state index contributed by atoms with van der Waals surface area (Å²) in [5.74, 6) is -1.88. The van der Waals surface area contributed by atoms with Crippen molar-refractivity contribution in [3.05, 3.63) is 41.7 Å². The topological polar surface area (TPSA) is 204 Å². The number of carboxylic acids is 1. The van der Waals surface area contributed by atoms with Crippen molar-refractivity contribution in [3.8, 4) is 11.3 Å². The molecule has 0 spiro atoms. The van der Waals surface area contributed by atoms with Gasteiger partial charge in [-0.3, -0.25) is 15.5 Å². The van der Waals surface area contributed by atoms with Crippen molar-refractivity contribution < 1.29 is 38.7 Å². The molecule has 0 aliphatic heterocycles. The second kappa shape index (κ2) is 12.7. The molecular formula is C25H33N5O8. The highest BCUT2D eigenvalue weighted by atomic mass is 16.6. The van der Waals surface area contributed by atoms with Crippen molar-refractivity contribution in [1.29, 1.82) is 5.41 Å². The van der Waals surface area contributed by atoms with Gasteiger partial charge in [0.15, 0.2) is 5.54 Å². The van der Waals surface area contributed by atoms with E-state index >= 15 is 0 Å². The number of carboxylic acid groups (broad SMARTS) is 2. The van der Waals surface area contributed by atoms with Gasteiger partial charge < -0.3 is 30.1 Å². The molecule has 0 radical (unpaired) electrons. The maximum Gasteiger partial charge on any atom is 0.413 e. The van der Waals surface area contributed by atoms with Crippen molar-refractivity contribution in [2.45, 2.75) is 64.5 Å². The number of hydrogen-bond donors (Lipinski definition) is 6. The second-order valence-electron chi connectivity index (χ2n) is 9.63. The van der Waals surface area contributed by atoms with Gasteiger partial charge in [-0.1, -0.05) is 49.2 Å². The zero-order chi connectivity index (χ0) is 28.5. The first-order valence-corrected chi connectivity index (χ1v) is 11.9. The third kappa shape index (κ3) is 8.91. The third-order valence-electron chi connectivity index (χ3n) is 5.29. The molecule has 0 bridgehead atoms. The largest absolute Gasteiger partial charge is 0.479 e. The number of benzene rings is 1. The minimum Gasteiger partial charge on any atom is -0.479 e. The van der Waals surface area contributed by atoms with Gasteiger partial charge in [0.1, 0.15) is 22.9 Å². The average molecular weight is 532 g/mol. The minimum absolute atomic E-state index is 0.0125. The van der Waals surface area contributed by atoms with Crippen molar-refractivity contribution in [2.75, 3.05) is 6.54 Å². The van der Waals surface area contributed by atoms with Crippen molar-refractivity contribution in [3.63, 3.8) is 0 Å². The number of rotatable bonds is 11. The molecule has 2 aromatic rings. The molecule has 38 heavy (non-hydrogen) atoms. The van der Waals surface area contributed by atoms with E-state index in [0.717, 1.165) is 0 Å². The van der Waals surface area contributed by atoms with Crippen LogP contribution in [0.1, 0.15) is 58.3 Å². The molecule has 13 heteroatoms. The molecule has 13 nitrogen and oxygen atoms in total. The van der Waals surface area contributed by atoms with Crippen molar-refractivity contribution >= 4 is 29.9 Å². The Hall–Kier alpha value is -4.42. The quantitative estimate of drug-likeness (QED) is 0.186. The molecule has 6 N–H and O–H groups in total. The number of alkyl carbamates (subject to hydrolysis) is 1. The highest BCUT2D eigenvalue weighted by molar-refractivity contribution is 6.04. The van der Waals surface area contributed by atoms with Crippen LogP contribution in [-0.4, -0.2) is 63.0 Å². The van der Waals surface area contributed by atoms with E-state index < -0.39 is 41.7 Å². The number of unbranched alkanes of at least 4 members (excludes halogenated alkanes) is 1. The van der Waals surface area contributed by atoms with Crippen LogP contribution in [0.4, 0.5) is 9.59 Å². The molecule has 3 amide bonds. The van der Waals surface area contributed by atoms with E-state index in [2.05, 4.69) is 15.8 Å². The second-order valence-corrected chi connectivity index (χ2v) is 9.63. The molecule has 1 heterocycles. The molecule has 206 valence electrons. The van der Waals surface area contributed by atoms with E-state index in [9.17, 15) is 24.3 Å². The van der Waals surface area contributed by atoms with Gasteiger partial charge in [-0.05, 0) is 27.2 Å². The Labute approximate surface area is 219 Å². The number of aliphatic carboxylic acids is 1. The predicted octanol–water partition coefficient (Wildman–Crippen LogP) is 3.13. The first-order chi connectivity index (χ1) is 17.7. The molecule has 1 atom stereocenters. The van der Waals surface area contributed by atoms with Crippen LogP contribution in [0.5, 0.6) is 0 Å². The van der Waals surface area contributed by atoms with Gasteiger partial charge in [-0.2, -0.15) is 0 Å². The average Bonchev–Trinajstić information content (AvgIpc) is 3.27. The molecule has 0 aliphatic rings. The number of aromatic nitrogens is 1.